The number of nitrogens with zero attached hydrogens (tertiary/aromatic N) is 1. The lowest BCUT2D eigenvalue weighted by molar-refractivity contribution is 0.151. The highest BCUT2D eigenvalue weighted by Gasteiger charge is 2.51. The van der Waals surface area contributed by atoms with E-state index in [0.717, 1.165) is 31.4 Å². The Morgan fingerprint density at radius 3 is 2.55 bits per heavy atom. The molecule has 1 N–H and O–H groups in total. The maximum atomic E-state index is 11.8. The summed E-state index contributed by atoms with van der Waals surface area (Å²) in [6.07, 6.45) is 2.55. The van der Waals surface area contributed by atoms with E-state index in [1.165, 1.54) is 5.56 Å². The minimum atomic E-state index is -2.79. The van der Waals surface area contributed by atoms with Crippen molar-refractivity contribution in [2.75, 3.05) is 13.1 Å². The monoisotopic (exact) mass is 293 g/mol. The molecule has 1 aliphatic carbocycles. The van der Waals surface area contributed by atoms with Crippen LogP contribution in [0.4, 0.5) is 0 Å². The minimum absolute atomic E-state index is 0.142. The number of fused-ring (bicyclic) bond motifs is 2. The van der Waals surface area contributed by atoms with Gasteiger partial charge in [-0.2, -0.15) is 0 Å². The SMILES string of the molecule is O=S1(=O)C2CC1CN(Cc1cccc(C3(O)CC3)c1)C2. The Morgan fingerprint density at radius 2 is 1.95 bits per heavy atom. The first-order valence-corrected chi connectivity index (χ1v) is 8.85. The van der Waals surface area contributed by atoms with Crippen molar-refractivity contribution >= 4 is 9.84 Å². The van der Waals surface area contributed by atoms with Crippen LogP contribution < -0.4 is 0 Å². The molecule has 2 unspecified atom stereocenters. The molecule has 1 aromatic rings. The molecule has 2 bridgehead atoms. The lowest BCUT2D eigenvalue weighted by Gasteiger charge is -2.46. The molecule has 2 atom stereocenters. The summed E-state index contributed by atoms with van der Waals surface area (Å²) >= 11 is 0. The van der Waals surface area contributed by atoms with Crippen LogP contribution in [0.2, 0.25) is 0 Å². The Kier molecular flexibility index (Phi) is 2.60. The zero-order chi connectivity index (χ0) is 14.0. The molecule has 4 aliphatic rings. The second-order valence-corrected chi connectivity index (χ2v) is 9.01. The van der Waals surface area contributed by atoms with E-state index in [0.29, 0.717) is 13.1 Å². The van der Waals surface area contributed by atoms with Crippen molar-refractivity contribution in [2.24, 2.45) is 0 Å². The molecule has 3 aliphatic heterocycles. The second-order valence-electron chi connectivity index (χ2n) is 6.49. The molecule has 3 heterocycles. The number of aliphatic hydroxyl groups is 1. The van der Waals surface area contributed by atoms with Crippen molar-refractivity contribution in [1.82, 2.24) is 4.90 Å². The Hall–Kier alpha value is -0.910. The van der Waals surface area contributed by atoms with E-state index in [1.54, 1.807) is 0 Å². The van der Waals surface area contributed by atoms with Crippen LogP contribution in [0.25, 0.3) is 0 Å². The standard InChI is InChI=1S/C15H19NO3S/c17-15(4-5-15)12-3-1-2-11(6-12)8-16-9-13-7-14(10-16)20(13,18)19/h1-3,6,13-14,17H,4-5,7-10H2. The van der Waals surface area contributed by atoms with Gasteiger partial charge in [-0.25, -0.2) is 8.42 Å². The first-order valence-electron chi connectivity index (χ1n) is 7.24. The highest BCUT2D eigenvalue weighted by Crippen LogP contribution is 2.45. The van der Waals surface area contributed by atoms with Gasteiger partial charge in [0, 0.05) is 19.6 Å². The lowest BCUT2D eigenvalue weighted by atomic mass is 10.0. The summed E-state index contributed by atoms with van der Waals surface area (Å²) in [5.74, 6) is 0. The highest BCUT2D eigenvalue weighted by molar-refractivity contribution is 7.94. The molecule has 20 heavy (non-hydrogen) atoms. The first kappa shape index (κ1) is 12.8. The predicted octanol–water partition coefficient (Wildman–Crippen LogP) is 1.04. The van der Waals surface area contributed by atoms with E-state index in [-0.39, 0.29) is 10.5 Å². The minimum Gasteiger partial charge on any atom is -0.385 e. The van der Waals surface area contributed by atoms with Crippen molar-refractivity contribution in [3.63, 3.8) is 0 Å². The van der Waals surface area contributed by atoms with Gasteiger partial charge in [-0.15, -0.1) is 0 Å². The van der Waals surface area contributed by atoms with Crippen LogP contribution >= 0.6 is 0 Å². The average Bonchev–Trinajstić information content (AvgIpc) is 3.19. The topological polar surface area (TPSA) is 57.6 Å². The molecule has 0 radical (unpaired) electrons. The molecule has 4 nitrogen and oxygen atoms in total. The van der Waals surface area contributed by atoms with Crippen LogP contribution in [0, 0.1) is 0 Å². The fraction of sp³-hybridized carbons (Fsp3) is 0.600. The molecular weight excluding hydrogens is 274 g/mol. The maximum Gasteiger partial charge on any atom is 0.158 e. The third-order valence-electron chi connectivity index (χ3n) is 4.97. The van der Waals surface area contributed by atoms with E-state index in [2.05, 4.69) is 17.0 Å². The van der Waals surface area contributed by atoms with Crippen molar-refractivity contribution in [3.8, 4) is 0 Å². The van der Waals surface area contributed by atoms with Gasteiger partial charge in [-0.05, 0) is 30.4 Å². The zero-order valence-corrected chi connectivity index (χ0v) is 12.1. The fourth-order valence-electron chi connectivity index (χ4n) is 3.47. The van der Waals surface area contributed by atoms with Crippen LogP contribution in [0.3, 0.4) is 0 Å². The Balaban J connectivity index is 1.48. The lowest BCUT2D eigenvalue weighted by Crippen LogP contribution is -2.61. The van der Waals surface area contributed by atoms with Crippen LogP contribution in [-0.2, 0) is 22.0 Å². The van der Waals surface area contributed by atoms with E-state index in [9.17, 15) is 13.5 Å². The molecule has 3 saturated heterocycles. The number of sulfone groups is 1. The Bertz CT molecular complexity index is 633. The quantitative estimate of drug-likeness (QED) is 0.904. The molecule has 0 spiro atoms. The number of rotatable bonds is 3. The van der Waals surface area contributed by atoms with Crippen molar-refractivity contribution in [1.29, 1.82) is 0 Å². The average molecular weight is 293 g/mol. The van der Waals surface area contributed by atoms with Gasteiger partial charge in [0.15, 0.2) is 9.84 Å². The summed E-state index contributed by atoms with van der Waals surface area (Å²) in [6, 6.07) is 8.10. The molecular formula is C15H19NO3S. The van der Waals surface area contributed by atoms with Gasteiger partial charge in [0.1, 0.15) is 0 Å². The molecule has 5 rings (SSSR count). The summed E-state index contributed by atoms with van der Waals surface area (Å²) in [5, 5.41) is 9.87. The molecule has 1 aromatic carbocycles. The zero-order valence-electron chi connectivity index (χ0n) is 11.3. The first-order chi connectivity index (χ1) is 9.47. The van der Waals surface area contributed by atoms with Gasteiger partial charge in [0.25, 0.3) is 0 Å². The fourth-order valence-corrected chi connectivity index (χ4v) is 5.50. The van der Waals surface area contributed by atoms with Gasteiger partial charge in [-0.1, -0.05) is 24.3 Å². The van der Waals surface area contributed by atoms with Gasteiger partial charge >= 0.3 is 0 Å². The number of benzene rings is 1. The van der Waals surface area contributed by atoms with E-state index in [1.807, 2.05) is 12.1 Å². The normalized spacial score (nSPS) is 33.5. The summed E-state index contributed by atoms with van der Waals surface area (Å²) in [6.45, 7) is 2.10. The van der Waals surface area contributed by atoms with E-state index in [4.69, 9.17) is 0 Å². The molecule has 0 aromatic heterocycles. The van der Waals surface area contributed by atoms with Crippen molar-refractivity contribution < 1.29 is 13.5 Å². The maximum absolute atomic E-state index is 11.8. The molecule has 0 amide bonds. The molecule has 5 heteroatoms. The summed E-state index contributed by atoms with van der Waals surface area (Å²) in [5.41, 5.74) is 1.58. The van der Waals surface area contributed by atoms with Crippen LogP contribution in [0.15, 0.2) is 24.3 Å². The van der Waals surface area contributed by atoms with Gasteiger partial charge < -0.3 is 5.11 Å². The highest BCUT2D eigenvalue weighted by atomic mass is 32.2. The van der Waals surface area contributed by atoms with Crippen molar-refractivity contribution in [3.05, 3.63) is 35.4 Å². The number of hydrogen-bond donors (Lipinski definition) is 1. The summed E-state index contributed by atoms with van der Waals surface area (Å²) in [4.78, 5) is 2.23. The summed E-state index contributed by atoms with van der Waals surface area (Å²) < 4.78 is 23.5. The van der Waals surface area contributed by atoms with Gasteiger partial charge in [-0.3, -0.25) is 4.90 Å². The van der Waals surface area contributed by atoms with Crippen molar-refractivity contribution in [2.45, 2.75) is 41.9 Å². The third-order valence-corrected chi connectivity index (χ3v) is 7.51. The molecule has 1 saturated carbocycles. The van der Waals surface area contributed by atoms with Crippen LogP contribution in [-0.4, -0.2) is 42.0 Å². The smallest absolute Gasteiger partial charge is 0.158 e. The Morgan fingerprint density at radius 1 is 1.25 bits per heavy atom. The number of piperidine rings is 1. The predicted molar refractivity (Wildman–Crippen MR) is 76.0 cm³/mol. The summed E-state index contributed by atoms with van der Waals surface area (Å²) in [7, 11) is -2.79. The van der Waals surface area contributed by atoms with Crippen LogP contribution in [0.5, 0.6) is 0 Å². The Labute approximate surface area is 119 Å². The van der Waals surface area contributed by atoms with E-state index < -0.39 is 15.4 Å². The van der Waals surface area contributed by atoms with Gasteiger partial charge in [0.05, 0.1) is 16.1 Å². The largest absolute Gasteiger partial charge is 0.385 e. The van der Waals surface area contributed by atoms with E-state index >= 15 is 0 Å². The van der Waals surface area contributed by atoms with Gasteiger partial charge in [0.2, 0.25) is 0 Å². The second kappa shape index (κ2) is 4.06. The molecule has 4 fully saturated rings. The number of hydrogen-bond acceptors (Lipinski definition) is 4. The third kappa shape index (κ3) is 1.91. The molecule has 108 valence electrons. The van der Waals surface area contributed by atoms with Crippen LogP contribution in [0.1, 0.15) is 30.4 Å².